The van der Waals surface area contributed by atoms with Crippen molar-refractivity contribution in [3.05, 3.63) is 271 Å². The van der Waals surface area contributed by atoms with Gasteiger partial charge in [-0.3, -0.25) is 78.7 Å². The lowest BCUT2D eigenvalue weighted by Crippen LogP contribution is -2.36. The number of carbonyl (C=O) groups excluding carboxylic acids is 8. The van der Waals surface area contributed by atoms with Gasteiger partial charge in [-0.05, 0) is 247 Å². The van der Waals surface area contributed by atoms with Gasteiger partial charge >= 0.3 is 0 Å². The molecule has 8 amide bonds. The Labute approximate surface area is 834 Å². The molecule has 0 spiro atoms. The van der Waals surface area contributed by atoms with Gasteiger partial charge in [-0.2, -0.15) is 20.4 Å². The van der Waals surface area contributed by atoms with Crippen LogP contribution in [0.4, 0.5) is 39.8 Å². The van der Waals surface area contributed by atoms with E-state index in [4.69, 9.17) is 4.74 Å². The molecular weight excluding hydrogens is 1830 g/mol. The molecule has 12 aromatic heterocycles. The smallest absolute Gasteiger partial charge is 0.276 e. The molecule has 7 aliphatic rings. The minimum Gasteiger partial charge on any atom is -0.378 e. The highest BCUT2D eigenvalue weighted by molar-refractivity contribution is 6.15. The molecule has 37 heteroatoms. The first kappa shape index (κ1) is 95.6. The molecule has 0 radical (unpaired) electrons. The van der Waals surface area contributed by atoms with E-state index in [-0.39, 0.29) is 58.6 Å². The maximum absolute atomic E-state index is 13.1. The van der Waals surface area contributed by atoms with E-state index in [1.165, 1.54) is 56.9 Å². The van der Waals surface area contributed by atoms with E-state index < -0.39 is 0 Å². The Hall–Kier alpha value is -17.0. The number of anilines is 7. The Morgan fingerprint density at radius 1 is 0.283 bits per heavy atom. The van der Waals surface area contributed by atoms with E-state index in [2.05, 4.69) is 146 Å². The topological polar surface area (TPSA) is 438 Å². The van der Waals surface area contributed by atoms with E-state index in [9.17, 15) is 38.4 Å². The number of benzene rings is 4. The van der Waals surface area contributed by atoms with Gasteiger partial charge in [0.25, 0.3) is 47.3 Å². The standard InChI is InChI=1S/C28H29N7O2.C27H27N7O3.C27H27N7O2.C26H27N7O2/c36-27(31-21-7-9-25(30-17-21)28(37)35-12-4-5-13-35)26-23-15-19(6-8-24(23)32-33-26)20-14-22(18-29-16-20)34-10-2-1-3-11-34;35-26(30-20-4-6-24(29-16-20)27(36)34-7-1-2-8-34)25-22-14-18(3-5-23(22)31-32-25)19-13-21(17-28-15-19)33-9-11-37-12-10-33;35-26(30-20-6-8-24(29-16-20)27(36)34-11-3-4-12-34)25-22-14-18(5-7-23(22)31-32-25)19-13-21(17-28-15-19)33-9-1-2-10-33;1-32(2)16-17-11-19(14-27-13-17)18-5-7-22-21(12-18)24(31-30-22)25(34)29-20-6-8-23(28-15-20)26(35)33-9-3-4-10-33/h6-9,14-18H,1-5,10-13H2,(H,31,36)(H,32,33);3-6,13-17H,1-2,7-12H2,(H,30,35)(H,31,32);5-8,13-17H,1-4,9-12H2,(H,30,35)(H,31,32);5-8,11-15H,3-4,9-10,16H2,1-2H3,(H,29,34)(H,30,31). The van der Waals surface area contributed by atoms with Crippen LogP contribution in [-0.4, -0.2) is 271 Å². The Morgan fingerprint density at radius 3 is 0.821 bits per heavy atom. The zero-order valence-electron chi connectivity index (χ0n) is 80.6. The lowest BCUT2D eigenvalue weighted by atomic mass is 10.0. The van der Waals surface area contributed by atoms with Crippen LogP contribution in [0.1, 0.15) is 173 Å². The van der Waals surface area contributed by atoms with Crippen LogP contribution in [0.25, 0.3) is 88.1 Å². The van der Waals surface area contributed by atoms with Crippen LogP contribution in [0.15, 0.2) is 220 Å². The molecule has 8 N–H and O–H groups in total. The molecule has 0 unspecified atom stereocenters. The highest BCUT2D eigenvalue weighted by atomic mass is 16.5. The van der Waals surface area contributed by atoms with E-state index >= 15 is 0 Å². The van der Waals surface area contributed by atoms with Gasteiger partial charge in [0.2, 0.25) is 0 Å². The van der Waals surface area contributed by atoms with Crippen LogP contribution < -0.4 is 36.0 Å². The Kier molecular flexibility index (Phi) is 29.0. The number of hydrogen-bond donors (Lipinski definition) is 8. The van der Waals surface area contributed by atoms with Crippen LogP contribution in [0.2, 0.25) is 0 Å². The fourth-order valence-corrected chi connectivity index (χ4v) is 19.3. The number of likely N-dealkylation sites (tertiary alicyclic amines) is 4. The Bertz CT molecular complexity index is 7190. The predicted octanol–water partition coefficient (Wildman–Crippen LogP) is 15.5. The number of piperidine rings is 1. The van der Waals surface area contributed by atoms with Gasteiger partial charge in [0, 0.05) is 173 Å². The van der Waals surface area contributed by atoms with Crippen molar-refractivity contribution in [1.29, 1.82) is 0 Å². The lowest BCUT2D eigenvalue weighted by molar-refractivity contribution is 0.0779. The average Bonchev–Trinajstić information content (AvgIpc) is 1.70. The number of aromatic nitrogens is 16. The number of morpholine rings is 1. The molecule has 145 heavy (non-hydrogen) atoms. The molecule has 7 saturated heterocycles. The molecule has 736 valence electrons. The predicted molar refractivity (Wildman–Crippen MR) is 555 cm³/mol. The molecule has 37 nitrogen and oxygen atoms in total. The van der Waals surface area contributed by atoms with Crippen molar-refractivity contribution < 1.29 is 43.1 Å². The number of hydrogen-bond acceptors (Lipinski definition) is 25. The summed E-state index contributed by atoms with van der Waals surface area (Å²) in [6.07, 6.45) is 35.2. The van der Waals surface area contributed by atoms with Crippen molar-refractivity contribution in [2.45, 2.75) is 90.0 Å². The van der Waals surface area contributed by atoms with Crippen LogP contribution in [0.3, 0.4) is 0 Å². The molecular formula is C108H110N28O9. The van der Waals surface area contributed by atoms with Gasteiger partial charge < -0.3 is 65.2 Å². The number of fused-ring (bicyclic) bond motifs is 4. The van der Waals surface area contributed by atoms with Gasteiger partial charge in [0.05, 0.1) is 118 Å². The molecule has 0 bridgehead atoms. The number of pyridine rings is 8. The first-order valence-corrected chi connectivity index (χ1v) is 49.4. The number of aromatic amines is 4. The number of amides is 8. The quantitative estimate of drug-likeness (QED) is 0.0331. The fraction of sp³-hybridized carbons (Fsp3) is 0.296. The van der Waals surface area contributed by atoms with Gasteiger partial charge in [0.15, 0.2) is 22.8 Å². The molecule has 4 aromatic carbocycles. The van der Waals surface area contributed by atoms with Crippen LogP contribution in [0.5, 0.6) is 0 Å². The number of carbonyl (C=O) groups is 8. The van der Waals surface area contributed by atoms with Crippen LogP contribution in [-0.2, 0) is 11.3 Å². The summed E-state index contributed by atoms with van der Waals surface area (Å²) in [5.41, 5.74) is 20.0. The normalized spacial score (nSPS) is 15.2. The summed E-state index contributed by atoms with van der Waals surface area (Å²) in [5.74, 6) is -1.69. The Morgan fingerprint density at radius 2 is 0.545 bits per heavy atom. The monoisotopic (exact) mass is 1940 g/mol. The van der Waals surface area contributed by atoms with Gasteiger partial charge in [-0.25, -0.2) is 19.9 Å². The number of nitrogens with zero attached hydrogens (tertiary/aromatic N) is 20. The molecule has 0 atom stereocenters. The van der Waals surface area contributed by atoms with E-state index in [1.807, 2.05) is 146 Å². The highest BCUT2D eigenvalue weighted by Gasteiger charge is 2.29. The van der Waals surface area contributed by atoms with E-state index in [0.717, 1.165) is 250 Å². The summed E-state index contributed by atoms with van der Waals surface area (Å²) in [7, 11) is 4.03. The molecule has 23 rings (SSSR count). The molecule has 7 fully saturated rings. The summed E-state index contributed by atoms with van der Waals surface area (Å²) in [6.45, 7) is 14.2. The molecule has 0 saturated carbocycles. The van der Waals surface area contributed by atoms with Gasteiger partial charge in [-0.15, -0.1) is 0 Å². The number of rotatable bonds is 21. The van der Waals surface area contributed by atoms with Gasteiger partial charge in [0.1, 0.15) is 22.8 Å². The largest absolute Gasteiger partial charge is 0.378 e. The summed E-state index contributed by atoms with van der Waals surface area (Å²) < 4.78 is 5.46. The minimum atomic E-state index is -0.357. The van der Waals surface area contributed by atoms with Crippen molar-refractivity contribution in [2.24, 2.45) is 0 Å². The Balaban J connectivity index is 0.000000118. The third-order valence-electron chi connectivity index (χ3n) is 27.0. The second-order valence-corrected chi connectivity index (χ2v) is 37.3. The second-order valence-electron chi connectivity index (χ2n) is 37.3. The van der Waals surface area contributed by atoms with Crippen LogP contribution >= 0.6 is 0 Å². The zero-order chi connectivity index (χ0) is 99.2. The van der Waals surface area contributed by atoms with E-state index in [0.29, 0.717) is 80.9 Å². The maximum Gasteiger partial charge on any atom is 0.276 e. The molecule has 7 aliphatic heterocycles. The maximum atomic E-state index is 13.1. The number of H-pyrrole nitrogens is 4. The minimum absolute atomic E-state index is 0.0694. The summed E-state index contributed by atoms with van der Waals surface area (Å²) in [6, 6.07) is 45.4. The van der Waals surface area contributed by atoms with Crippen LogP contribution in [0, 0.1) is 0 Å². The SMILES string of the molecule is CN(C)Cc1cncc(-c2ccc3[nH]nc(C(=O)Nc4ccc(C(=O)N5CCCC5)nc4)c3c2)c1.O=C(Nc1ccc(C(=O)N2CCCC2)nc1)c1n[nH]c2ccc(-c3cncc(N4CCCC4)c3)cc12.O=C(Nc1ccc(C(=O)N2CCCC2)nc1)c1n[nH]c2ccc(-c3cncc(N4CCCCC4)c3)cc12.O=C(Nc1ccc(C(=O)N2CCCC2)nc1)c1n[nH]c2ccc(-c3cncc(N4CCOCC4)c3)cc12. The number of ether oxygens (including phenoxy) is 1. The summed E-state index contributed by atoms with van der Waals surface area (Å²) in [5, 5.41) is 43.1. The first-order chi connectivity index (χ1) is 70.9. The first-order valence-electron chi connectivity index (χ1n) is 49.4. The van der Waals surface area contributed by atoms with Crippen molar-refractivity contribution >= 4 is 131 Å². The molecule has 0 aliphatic carbocycles. The second kappa shape index (κ2) is 44.1. The van der Waals surface area contributed by atoms with Crippen molar-refractivity contribution in [3.8, 4) is 44.5 Å². The fourth-order valence-electron chi connectivity index (χ4n) is 19.3. The number of nitrogens with one attached hydrogen (secondary N) is 8. The zero-order valence-corrected chi connectivity index (χ0v) is 80.6. The van der Waals surface area contributed by atoms with Crippen molar-refractivity contribution in [1.82, 2.24) is 105 Å². The van der Waals surface area contributed by atoms with E-state index in [1.54, 1.807) is 58.3 Å². The molecule has 16 aromatic rings. The van der Waals surface area contributed by atoms with Crippen molar-refractivity contribution in [2.75, 3.05) is 155 Å². The molecule has 19 heterocycles. The summed E-state index contributed by atoms with van der Waals surface area (Å²) >= 11 is 0. The summed E-state index contributed by atoms with van der Waals surface area (Å²) in [4.78, 5) is 154. The van der Waals surface area contributed by atoms with Gasteiger partial charge in [-0.1, -0.05) is 24.3 Å². The average molecular weight is 1940 g/mol. The highest BCUT2D eigenvalue weighted by Crippen LogP contribution is 2.36. The van der Waals surface area contributed by atoms with Crippen molar-refractivity contribution in [3.63, 3.8) is 0 Å². The third-order valence-corrected chi connectivity index (χ3v) is 27.0. The lowest BCUT2D eigenvalue weighted by Gasteiger charge is -2.28. The third kappa shape index (κ3) is 22.4.